The third kappa shape index (κ3) is 2.69. The van der Waals surface area contributed by atoms with Crippen LogP contribution in [0.1, 0.15) is 17.8 Å². The largest absolute Gasteiger partial charge is 0.347 e. The van der Waals surface area contributed by atoms with Crippen molar-refractivity contribution in [2.75, 3.05) is 5.32 Å². The van der Waals surface area contributed by atoms with Gasteiger partial charge in [0.05, 0.1) is 15.9 Å². The van der Waals surface area contributed by atoms with Crippen molar-refractivity contribution < 1.29 is 0 Å². The molecule has 2 aromatic heterocycles. The average Bonchev–Trinajstić information content (AvgIpc) is 2.85. The highest BCUT2D eigenvalue weighted by molar-refractivity contribution is 7.16. The summed E-state index contributed by atoms with van der Waals surface area (Å²) < 4.78 is 0.795. The maximum atomic E-state index is 5.95. The summed E-state index contributed by atoms with van der Waals surface area (Å²) in [6.45, 7) is 2.07. The van der Waals surface area contributed by atoms with Crippen molar-refractivity contribution in [3.05, 3.63) is 51.8 Å². The molecule has 19 heavy (non-hydrogen) atoms. The number of thiophene rings is 1. The molecule has 0 saturated heterocycles. The number of fused-ring (bicyclic) bond motifs is 1. The van der Waals surface area contributed by atoms with Crippen molar-refractivity contribution >= 4 is 39.8 Å². The van der Waals surface area contributed by atoms with Crippen LogP contribution in [-0.4, -0.2) is 9.97 Å². The van der Waals surface area contributed by atoms with E-state index in [4.69, 9.17) is 11.6 Å². The fourth-order valence-electron chi connectivity index (χ4n) is 1.87. The fraction of sp³-hybridized carbons (Fsp3) is 0.143. The molecule has 0 fully saturated rings. The maximum Gasteiger partial charge on any atom is 0.223 e. The minimum Gasteiger partial charge on any atom is -0.347 e. The molecule has 3 nitrogen and oxygen atoms in total. The molecule has 1 aromatic carbocycles. The second-order valence-electron chi connectivity index (χ2n) is 4.26. The molecule has 0 aliphatic heterocycles. The van der Waals surface area contributed by atoms with E-state index in [1.165, 1.54) is 4.88 Å². The molecule has 5 heteroatoms. The zero-order valence-electron chi connectivity index (χ0n) is 10.3. The monoisotopic (exact) mass is 289 g/mol. The van der Waals surface area contributed by atoms with E-state index in [1.807, 2.05) is 42.6 Å². The Bertz CT molecular complexity index is 710. The second-order valence-corrected chi connectivity index (χ2v) is 6.01. The third-order valence-electron chi connectivity index (χ3n) is 2.86. The topological polar surface area (TPSA) is 37.8 Å². The van der Waals surface area contributed by atoms with Crippen LogP contribution in [0.2, 0.25) is 4.34 Å². The van der Waals surface area contributed by atoms with Crippen LogP contribution < -0.4 is 5.32 Å². The first-order valence-electron chi connectivity index (χ1n) is 5.96. The summed E-state index contributed by atoms with van der Waals surface area (Å²) in [5, 5.41) is 4.33. The Labute approximate surface area is 120 Å². The van der Waals surface area contributed by atoms with E-state index < -0.39 is 0 Å². The highest BCUT2D eigenvalue weighted by Crippen LogP contribution is 2.28. The summed E-state index contributed by atoms with van der Waals surface area (Å²) in [7, 11) is 0. The van der Waals surface area contributed by atoms with Gasteiger partial charge in [-0.2, -0.15) is 0 Å². The lowest BCUT2D eigenvalue weighted by Crippen LogP contribution is -2.07. The molecule has 0 spiro atoms. The molecule has 1 atom stereocenters. The van der Waals surface area contributed by atoms with Gasteiger partial charge in [0.15, 0.2) is 0 Å². The third-order valence-corrected chi connectivity index (χ3v) is 4.27. The van der Waals surface area contributed by atoms with Crippen LogP contribution in [0.15, 0.2) is 42.6 Å². The molecule has 0 aliphatic carbocycles. The first-order valence-corrected chi connectivity index (χ1v) is 7.15. The lowest BCUT2D eigenvalue weighted by atomic mass is 10.2. The number of nitrogens with one attached hydrogen (secondary N) is 1. The van der Waals surface area contributed by atoms with Gasteiger partial charge in [-0.25, -0.2) is 9.97 Å². The Hall–Kier alpha value is -1.65. The van der Waals surface area contributed by atoms with Crippen molar-refractivity contribution in [1.29, 1.82) is 0 Å². The Morgan fingerprint density at radius 1 is 1.21 bits per heavy atom. The number of anilines is 1. The molecule has 0 bridgehead atoms. The van der Waals surface area contributed by atoms with Crippen molar-refractivity contribution in [3.8, 4) is 0 Å². The van der Waals surface area contributed by atoms with Gasteiger partial charge in [-0.15, -0.1) is 11.3 Å². The molecule has 96 valence electrons. The van der Waals surface area contributed by atoms with Crippen LogP contribution in [0, 0.1) is 0 Å². The highest BCUT2D eigenvalue weighted by Gasteiger charge is 2.09. The van der Waals surface area contributed by atoms with Crippen LogP contribution in [0.4, 0.5) is 5.95 Å². The summed E-state index contributed by atoms with van der Waals surface area (Å²) in [4.78, 5) is 9.99. The smallest absolute Gasteiger partial charge is 0.223 e. The van der Waals surface area contributed by atoms with Crippen molar-refractivity contribution in [3.63, 3.8) is 0 Å². The predicted molar refractivity (Wildman–Crippen MR) is 80.9 cm³/mol. The number of aromatic nitrogens is 2. The standard InChI is InChI=1S/C14H12ClN3S/c1-9(12-6-7-13(15)19-12)17-14-16-8-10-4-2-3-5-11(10)18-14/h2-9H,1H3,(H,16,17,18). The number of hydrogen-bond acceptors (Lipinski definition) is 4. The van der Waals surface area contributed by atoms with Gasteiger partial charge < -0.3 is 5.32 Å². The minimum absolute atomic E-state index is 0.138. The number of rotatable bonds is 3. The van der Waals surface area contributed by atoms with E-state index in [1.54, 1.807) is 11.3 Å². The number of halogens is 1. The zero-order valence-corrected chi connectivity index (χ0v) is 11.9. The van der Waals surface area contributed by atoms with Gasteiger partial charge in [0, 0.05) is 16.5 Å². The molecule has 0 aliphatic rings. The van der Waals surface area contributed by atoms with Crippen LogP contribution in [0.3, 0.4) is 0 Å². The molecular formula is C14H12ClN3S. The van der Waals surface area contributed by atoms with Gasteiger partial charge in [-0.1, -0.05) is 29.8 Å². The van der Waals surface area contributed by atoms with Crippen LogP contribution in [0.25, 0.3) is 10.9 Å². The summed E-state index contributed by atoms with van der Waals surface area (Å²) in [6, 6.07) is 12.0. The molecule has 3 aromatic rings. The number of benzene rings is 1. The summed E-state index contributed by atoms with van der Waals surface area (Å²) in [6.07, 6.45) is 1.83. The molecule has 2 heterocycles. The molecule has 3 rings (SSSR count). The Balaban J connectivity index is 1.84. The predicted octanol–water partition coefficient (Wildman–Crippen LogP) is 4.52. The van der Waals surface area contributed by atoms with Gasteiger partial charge in [0.1, 0.15) is 0 Å². The first kappa shape index (κ1) is 12.4. The summed E-state index contributed by atoms with van der Waals surface area (Å²) in [5.74, 6) is 0.635. The van der Waals surface area contributed by atoms with Crippen molar-refractivity contribution in [2.24, 2.45) is 0 Å². The quantitative estimate of drug-likeness (QED) is 0.770. The lowest BCUT2D eigenvalue weighted by Gasteiger charge is -2.12. The molecular weight excluding hydrogens is 278 g/mol. The van der Waals surface area contributed by atoms with Crippen LogP contribution in [-0.2, 0) is 0 Å². The van der Waals surface area contributed by atoms with E-state index in [0.29, 0.717) is 5.95 Å². The number of hydrogen-bond donors (Lipinski definition) is 1. The van der Waals surface area contributed by atoms with Crippen LogP contribution in [0.5, 0.6) is 0 Å². The first-order chi connectivity index (χ1) is 9.22. The van der Waals surface area contributed by atoms with E-state index >= 15 is 0 Å². The van der Waals surface area contributed by atoms with Gasteiger partial charge in [0.2, 0.25) is 5.95 Å². The Kier molecular flexibility index (Phi) is 3.36. The SMILES string of the molecule is CC(Nc1ncc2ccccc2n1)c1ccc(Cl)s1. The van der Waals surface area contributed by atoms with Gasteiger partial charge >= 0.3 is 0 Å². The number of nitrogens with zero attached hydrogens (tertiary/aromatic N) is 2. The van der Waals surface area contributed by atoms with Crippen molar-refractivity contribution in [2.45, 2.75) is 13.0 Å². The molecule has 0 amide bonds. The zero-order chi connectivity index (χ0) is 13.2. The summed E-state index contributed by atoms with van der Waals surface area (Å²) in [5.41, 5.74) is 0.941. The van der Waals surface area contributed by atoms with E-state index in [0.717, 1.165) is 15.2 Å². The highest BCUT2D eigenvalue weighted by atomic mass is 35.5. The molecule has 0 radical (unpaired) electrons. The van der Waals surface area contributed by atoms with Crippen LogP contribution >= 0.6 is 22.9 Å². The van der Waals surface area contributed by atoms with Gasteiger partial charge in [-0.05, 0) is 25.1 Å². The Morgan fingerprint density at radius 2 is 2.05 bits per heavy atom. The average molecular weight is 290 g/mol. The second kappa shape index (κ2) is 5.15. The molecule has 1 N–H and O–H groups in total. The van der Waals surface area contributed by atoms with E-state index in [-0.39, 0.29) is 6.04 Å². The normalized spacial score (nSPS) is 12.5. The fourth-order valence-corrected chi connectivity index (χ4v) is 2.93. The van der Waals surface area contributed by atoms with E-state index in [9.17, 15) is 0 Å². The maximum absolute atomic E-state index is 5.95. The molecule has 0 saturated carbocycles. The van der Waals surface area contributed by atoms with Gasteiger partial charge in [0.25, 0.3) is 0 Å². The molecule has 1 unspecified atom stereocenters. The van der Waals surface area contributed by atoms with Gasteiger partial charge in [-0.3, -0.25) is 0 Å². The number of para-hydroxylation sites is 1. The Morgan fingerprint density at radius 3 is 2.84 bits per heavy atom. The van der Waals surface area contributed by atoms with E-state index in [2.05, 4.69) is 22.2 Å². The lowest BCUT2D eigenvalue weighted by molar-refractivity contribution is 0.884. The summed E-state index contributed by atoms with van der Waals surface area (Å²) >= 11 is 7.51. The minimum atomic E-state index is 0.138. The van der Waals surface area contributed by atoms with Crippen molar-refractivity contribution in [1.82, 2.24) is 9.97 Å².